The second kappa shape index (κ2) is 6.55. The Balaban J connectivity index is 1.90. The minimum absolute atomic E-state index is 0.134. The fourth-order valence-electron chi connectivity index (χ4n) is 2.57. The van der Waals surface area contributed by atoms with Gasteiger partial charge < -0.3 is 14.5 Å². The summed E-state index contributed by atoms with van der Waals surface area (Å²) in [4.78, 5) is 20.0. The molecule has 0 aliphatic carbocycles. The van der Waals surface area contributed by atoms with Gasteiger partial charge in [0.25, 0.3) is 0 Å². The number of ether oxygens (including phenoxy) is 1. The molecule has 0 amide bonds. The molecule has 0 radical (unpaired) electrons. The normalized spacial score (nSPS) is 19.2. The van der Waals surface area contributed by atoms with Crippen LogP contribution in [0.4, 0.5) is 17.8 Å². The van der Waals surface area contributed by atoms with E-state index in [0.29, 0.717) is 25.1 Å². The van der Waals surface area contributed by atoms with Crippen LogP contribution in [-0.4, -0.2) is 54.3 Å². The molecule has 0 atom stereocenters. The number of hydrogen-bond acceptors (Lipinski definition) is 7. The highest BCUT2D eigenvalue weighted by molar-refractivity contribution is 5.43. The SMILES string of the molecule is [N-]=[N+]=Nc1nc(N2CCCCC2)nc(N2CCOCC2)n1. The molecule has 2 fully saturated rings. The molecule has 3 heterocycles. The van der Waals surface area contributed by atoms with Gasteiger partial charge in [0, 0.05) is 31.1 Å². The van der Waals surface area contributed by atoms with Gasteiger partial charge in [0.05, 0.1) is 13.2 Å². The van der Waals surface area contributed by atoms with Crippen molar-refractivity contribution in [2.45, 2.75) is 19.3 Å². The number of piperidine rings is 1. The molecular weight excluding hydrogens is 272 g/mol. The third-order valence-electron chi connectivity index (χ3n) is 3.67. The highest BCUT2D eigenvalue weighted by Gasteiger charge is 2.19. The lowest BCUT2D eigenvalue weighted by molar-refractivity contribution is 0.122. The highest BCUT2D eigenvalue weighted by Crippen LogP contribution is 2.21. The molecule has 1 aromatic rings. The number of anilines is 2. The summed E-state index contributed by atoms with van der Waals surface area (Å²) in [5.74, 6) is 1.31. The number of nitrogens with zero attached hydrogens (tertiary/aromatic N) is 8. The maximum atomic E-state index is 8.63. The molecule has 21 heavy (non-hydrogen) atoms. The van der Waals surface area contributed by atoms with Crippen LogP contribution in [0.3, 0.4) is 0 Å². The molecule has 112 valence electrons. The second-order valence-corrected chi connectivity index (χ2v) is 5.07. The molecular formula is C12H18N8O. The van der Waals surface area contributed by atoms with Crippen LogP contribution in [0.5, 0.6) is 0 Å². The maximum absolute atomic E-state index is 8.63. The van der Waals surface area contributed by atoms with Gasteiger partial charge in [0.15, 0.2) is 0 Å². The molecule has 3 rings (SSSR count). The van der Waals surface area contributed by atoms with E-state index in [-0.39, 0.29) is 5.95 Å². The minimum atomic E-state index is 0.134. The van der Waals surface area contributed by atoms with Gasteiger partial charge in [-0.15, -0.1) is 0 Å². The Bertz CT molecular complexity index is 496. The maximum Gasteiger partial charge on any atom is 0.230 e. The smallest absolute Gasteiger partial charge is 0.230 e. The summed E-state index contributed by atoms with van der Waals surface area (Å²) in [7, 11) is 0. The number of hydrogen-bond donors (Lipinski definition) is 0. The molecule has 2 saturated heterocycles. The fraction of sp³-hybridized carbons (Fsp3) is 0.750. The summed E-state index contributed by atoms with van der Waals surface area (Å²) in [6.07, 6.45) is 3.51. The van der Waals surface area contributed by atoms with Crippen LogP contribution in [0.15, 0.2) is 5.11 Å². The Morgan fingerprint density at radius 1 is 0.905 bits per heavy atom. The fourth-order valence-corrected chi connectivity index (χ4v) is 2.57. The van der Waals surface area contributed by atoms with E-state index in [9.17, 15) is 0 Å². The average molecular weight is 290 g/mol. The van der Waals surface area contributed by atoms with Crippen LogP contribution in [0.2, 0.25) is 0 Å². The van der Waals surface area contributed by atoms with Crippen molar-refractivity contribution in [3.8, 4) is 0 Å². The molecule has 9 heteroatoms. The second-order valence-electron chi connectivity index (χ2n) is 5.07. The Morgan fingerprint density at radius 3 is 2.14 bits per heavy atom. The van der Waals surface area contributed by atoms with Crippen LogP contribution in [0.1, 0.15) is 19.3 Å². The lowest BCUT2D eigenvalue weighted by atomic mass is 10.1. The third-order valence-corrected chi connectivity index (χ3v) is 3.67. The van der Waals surface area contributed by atoms with Gasteiger partial charge in [-0.1, -0.05) is 0 Å². The highest BCUT2D eigenvalue weighted by atomic mass is 16.5. The molecule has 2 aliphatic heterocycles. The molecule has 0 bridgehead atoms. The van der Waals surface area contributed by atoms with Crippen molar-refractivity contribution in [1.29, 1.82) is 0 Å². The first kappa shape index (κ1) is 13.8. The molecule has 9 nitrogen and oxygen atoms in total. The summed E-state index contributed by atoms with van der Waals surface area (Å²) in [5, 5.41) is 3.55. The van der Waals surface area contributed by atoms with E-state index >= 15 is 0 Å². The standard InChI is InChI=1S/C12H18N8O/c13-18-17-10-14-11(19-4-2-1-3-5-19)16-12(15-10)20-6-8-21-9-7-20/h1-9H2. The Morgan fingerprint density at radius 2 is 1.52 bits per heavy atom. The number of morpholine rings is 1. The van der Waals surface area contributed by atoms with E-state index in [2.05, 4.69) is 29.9 Å². The van der Waals surface area contributed by atoms with Crippen LogP contribution in [-0.2, 0) is 4.74 Å². The Labute approximate surface area is 122 Å². The largest absolute Gasteiger partial charge is 0.378 e. The third kappa shape index (κ3) is 3.32. The van der Waals surface area contributed by atoms with Crippen molar-refractivity contribution >= 4 is 17.8 Å². The van der Waals surface area contributed by atoms with E-state index < -0.39 is 0 Å². The molecule has 0 unspecified atom stereocenters. The van der Waals surface area contributed by atoms with Crippen LogP contribution in [0.25, 0.3) is 10.4 Å². The molecule has 0 saturated carbocycles. The topological polar surface area (TPSA) is 103 Å². The zero-order valence-electron chi connectivity index (χ0n) is 11.8. The summed E-state index contributed by atoms with van der Waals surface area (Å²) < 4.78 is 5.34. The quantitative estimate of drug-likeness (QED) is 0.476. The van der Waals surface area contributed by atoms with Gasteiger partial charge in [0.1, 0.15) is 0 Å². The molecule has 2 aliphatic rings. The van der Waals surface area contributed by atoms with Crippen LogP contribution >= 0.6 is 0 Å². The van der Waals surface area contributed by atoms with E-state index in [4.69, 9.17) is 10.3 Å². The van der Waals surface area contributed by atoms with Crippen molar-refractivity contribution in [3.05, 3.63) is 10.4 Å². The van der Waals surface area contributed by atoms with E-state index in [1.165, 1.54) is 6.42 Å². The van der Waals surface area contributed by atoms with Gasteiger partial charge >= 0.3 is 0 Å². The molecule has 1 aromatic heterocycles. The molecule has 0 N–H and O–H groups in total. The van der Waals surface area contributed by atoms with Gasteiger partial charge in [-0.05, 0) is 29.9 Å². The predicted octanol–water partition coefficient (Wildman–Crippen LogP) is 1.64. The van der Waals surface area contributed by atoms with Gasteiger partial charge in [0.2, 0.25) is 17.8 Å². The molecule has 0 aromatic carbocycles. The van der Waals surface area contributed by atoms with Crippen molar-refractivity contribution < 1.29 is 4.74 Å². The van der Waals surface area contributed by atoms with E-state index in [1.54, 1.807) is 0 Å². The van der Waals surface area contributed by atoms with E-state index in [1.807, 2.05) is 4.90 Å². The van der Waals surface area contributed by atoms with Crippen molar-refractivity contribution in [2.75, 3.05) is 49.2 Å². The Hall–Kier alpha value is -2.12. The van der Waals surface area contributed by atoms with Gasteiger partial charge in [-0.2, -0.15) is 15.0 Å². The lowest BCUT2D eigenvalue weighted by Crippen LogP contribution is -2.38. The zero-order valence-corrected chi connectivity index (χ0v) is 11.8. The first-order chi connectivity index (χ1) is 10.4. The van der Waals surface area contributed by atoms with E-state index in [0.717, 1.165) is 39.0 Å². The van der Waals surface area contributed by atoms with Crippen molar-refractivity contribution in [1.82, 2.24) is 15.0 Å². The number of aromatic nitrogens is 3. The summed E-state index contributed by atoms with van der Waals surface area (Å²) >= 11 is 0. The summed E-state index contributed by atoms with van der Waals surface area (Å²) in [6, 6.07) is 0. The van der Waals surface area contributed by atoms with Gasteiger partial charge in [-0.25, -0.2) is 0 Å². The zero-order chi connectivity index (χ0) is 14.5. The first-order valence-corrected chi connectivity index (χ1v) is 7.25. The van der Waals surface area contributed by atoms with Crippen LogP contribution < -0.4 is 9.80 Å². The summed E-state index contributed by atoms with van der Waals surface area (Å²) in [5.41, 5.74) is 8.63. The first-order valence-electron chi connectivity index (χ1n) is 7.25. The predicted molar refractivity (Wildman–Crippen MR) is 77.7 cm³/mol. The van der Waals surface area contributed by atoms with Crippen LogP contribution in [0, 0.1) is 0 Å². The lowest BCUT2D eigenvalue weighted by Gasteiger charge is -2.30. The minimum Gasteiger partial charge on any atom is -0.378 e. The molecule has 0 spiro atoms. The van der Waals surface area contributed by atoms with Gasteiger partial charge in [-0.3, -0.25) is 0 Å². The van der Waals surface area contributed by atoms with Crippen molar-refractivity contribution in [3.63, 3.8) is 0 Å². The summed E-state index contributed by atoms with van der Waals surface area (Å²) in [6.45, 7) is 4.64. The number of azide groups is 1. The Kier molecular flexibility index (Phi) is 4.32. The monoisotopic (exact) mass is 290 g/mol. The average Bonchev–Trinajstić information content (AvgIpc) is 2.56. The van der Waals surface area contributed by atoms with Crippen molar-refractivity contribution in [2.24, 2.45) is 5.11 Å². The number of rotatable bonds is 3.